The van der Waals surface area contributed by atoms with Gasteiger partial charge in [-0.1, -0.05) is 31.7 Å². The van der Waals surface area contributed by atoms with Crippen LogP contribution in [0.25, 0.3) is 0 Å². The van der Waals surface area contributed by atoms with E-state index in [1.54, 1.807) is 11.3 Å². The molecule has 0 radical (unpaired) electrons. The van der Waals surface area contributed by atoms with Crippen LogP contribution in [0.1, 0.15) is 49.0 Å². The van der Waals surface area contributed by atoms with Gasteiger partial charge in [0.2, 0.25) is 5.91 Å². The Morgan fingerprint density at radius 1 is 1.30 bits per heavy atom. The zero-order chi connectivity index (χ0) is 16.1. The van der Waals surface area contributed by atoms with Crippen molar-refractivity contribution in [2.45, 2.75) is 44.1 Å². The predicted molar refractivity (Wildman–Crippen MR) is 95.8 cm³/mol. The van der Waals surface area contributed by atoms with E-state index in [2.05, 4.69) is 5.32 Å². The maximum Gasteiger partial charge on any atom is 0.220 e. The van der Waals surface area contributed by atoms with E-state index < -0.39 is 5.60 Å². The van der Waals surface area contributed by atoms with E-state index in [4.69, 9.17) is 0 Å². The van der Waals surface area contributed by atoms with Crippen LogP contribution in [-0.2, 0) is 10.4 Å². The quantitative estimate of drug-likeness (QED) is 0.789. The lowest BCUT2D eigenvalue weighted by atomic mass is 9.94. The summed E-state index contributed by atoms with van der Waals surface area (Å²) >= 11 is 3.07. The van der Waals surface area contributed by atoms with Crippen molar-refractivity contribution in [2.24, 2.45) is 5.92 Å². The molecule has 124 valence electrons. The molecule has 0 aliphatic heterocycles. The number of nitrogens with one attached hydrogen (secondary N) is 1. The topological polar surface area (TPSA) is 49.3 Å². The van der Waals surface area contributed by atoms with E-state index in [9.17, 15) is 9.90 Å². The van der Waals surface area contributed by atoms with Crippen molar-refractivity contribution in [3.05, 3.63) is 44.8 Å². The third-order valence-corrected chi connectivity index (χ3v) is 6.43. The maximum absolute atomic E-state index is 12.2. The van der Waals surface area contributed by atoms with Gasteiger partial charge in [-0.25, -0.2) is 0 Å². The van der Waals surface area contributed by atoms with Crippen molar-refractivity contribution in [2.75, 3.05) is 6.54 Å². The van der Waals surface area contributed by atoms with Crippen LogP contribution < -0.4 is 5.32 Å². The molecule has 1 unspecified atom stereocenters. The van der Waals surface area contributed by atoms with Crippen LogP contribution in [0.5, 0.6) is 0 Å². The standard InChI is InChI=1S/C18H23NO2S2/c20-17(8-7-14-4-1-2-5-14)19-13-18(21,15-9-11-22-12-15)16-6-3-10-23-16/h3,6,9-12,14,21H,1-2,4-5,7-8,13H2,(H,19,20). The smallest absolute Gasteiger partial charge is 0.220 e. The first-order valence-corrected chi connectivity index (χ1v) is 10.1. The van der Waals surface area contributed by atoms with Crippen LogP contribution >= 0.6 is 22.7 Å². The molecule has 0 aromatic carbocycles. The molecule has 1 fully saturated rings. The Kier molecular flexibility index (Phi) is 5.51. The van der Waals surface area contributed by atoms with Crippen LogP contribution in [0.3, 0.4) is 0 Å². The first kappa shape index (κ1) is 16.7. The van der Waals surface area contributed by atoms with E-state index >= 15 is 0 Å². The van der Waals surface area contributed by atoms with Gasteiger partial charge in [-0.2, -0.15) is 11.3 Å². The molecule has 3 nitrogen and oxygen atoms in total. The summed E-state index contributed by atoms with van der Waals surface area (Å²) in [5.74, 6) is 0.760. The highest BCUT2D eigenvalue weighted by atomic mass is 32.1. The fraction of sp³-hybridized carbons (Fsp3) is 0.500. The Morgan fingerprint density at radius 3 is 2.78 bits per heavy atom. The predicted octanol–water partition coefficient (Wildman–Crippen LogP) is 4.13. The number of aliphatic hydroxyl groups is 1. The highest BCUT2D eigenvalue weighted by Gasteiger charge is 2.33. The zero-order valence-corrected chi connectivity index (χ0v) is 14.8. The summed E-state index contributed by atoms with van der Waals surface area (Å²) in [6.07, 6.45) is 6.68. The molecule has 0 spiro atoms. The Bertz CT molecular complexity index is 567. The van der Waals surface area contributed by atoms with E-state index in [1.165, 1.54) is 37.0 Å². The third-order valence-electron chi connectivity index (χ3n) is 4.72. The van der Waals surface area contributed by atoms with Crippen LogP contribution in [0.15, 0.2) is 34.3 Å². The Balaban J connectivity index is 1.60. The molecule has 0 saturated heterocycles. The van der Waals surface area contributed by atoms with Crippen LogP contribution in [-0.4, -0.2) is 17.6 Å². The summed E-state index contributed by atoms with van der Waals surface area (Å²) in [5.41, 5.74) is -0.280. The highest BCUT2D eigenvalue weighted by molar-refractivity contribution is 7.10. The first-order chi connectivity index (χ1) is 11.2. The second kappa shape index (κ2) is 7.60. The number of carbonyl (C=O) groups is 1. The van der Waals surface area contributed by atoms with E-state index in [1.807, 2.05) is 34.3 Å². The molecule has 1 atom stereocenters. The lowest BCUT2D eigenvalue weighted by molar-refractivity contribution is -0.122. The molecule has 2 aromatic rings. The van der Waals surface area contributed by atoms with Gasteiger partial charge < -0.3 is 10.4 Å². The number of carbonyl (C=O) groups excluding carboxylic acids is 1. The average molecular weight is 350 g/mol. The van der Waals surface area contributed by atoms with Gasteiger partial charge in [0.25, 0.3) is 0 Å². The number of hydrogen-bond donors (Lipinski definition) is 2. The van der Waals surface area contributed by atoms with Gasteiger partial charge in [0.05, 0.1) is 6.54 Å². The van der Waals surface area contributed by atoms with Gasteiger partial charge in [-0.05, 0) is 40.6 Å². The summed E-state index contributed by atoms with van der Waals surface area (Å²) < 4.78 is 0. The van der Waals surface area contributed by atoms with Crippen molar-refractivity contribution in [1.29, 1.82) is 0 Å². The van der Waals surface area contributed by atoms with Gasteiger partial charge in [-0.15, -0.1) is 11.3 Å². The van der Waals surface area contributed by atoms with Crippen molar-refractivity contribution in [3.8, 4) is 0 Å². The van der Waals surface area contributed by atoms with Crippen molar-refractivity contribution < 1.29 is 9.90 Å². The zero-order valence-electron chi connectivity index (χ0n) is 13.2. The molecule has 1 aliphatic carbocycles. The summed E-state index contributed by atoms with van der Waals surface area (Å²) in [6, 6.07) is 5.78. The van der Waals surface area contributed by atoms with E-state index in [0.717, 1.165) is 16.9 Å². The Hall–Kier alpha value is -1.17. The fourth-order valence-corrected chi connectivity index (χ4v) is 4.86. The summed E-state index contributed by atoms with van der Waals surface area (Å²) in [4.78, 5) is 13.0. The molecule has 2 heterocycles. The maximum atomic E-state index is 12.2. The van der Waals surface area contributed by atoms with Gasteiger partial charge in [-0.3, -0.25) is 4.79 Å². The molecule has 3 rings (SSSR count). The van der Waals surface area contributed by atoms with Crippen LogP contribution in [0, 0.1) is 5.92 Å². The summed E-state index contributed by atoms with van der Waals surface area (Å²) in [5, 5.41) is 20.0. The third kappa shape index (κ3) is 4.03. The second-order valence-electron chi connectivity index (χ2n) is 6.32. The molecule has 0 bridgehead atoms. The molecule has 5 heteroatoms. The second-order valence-corrected chi connectivity index (χ2v) is 8.04. The Labute approximate surface area is 145 Å². The number of thiophene rings is 2. The molecule has 1 saturated carbocycles. The van der Waals surface area contributed by atoms with E-state index in [-0.39, 0.29) is 12.5 Å². The largest absolute Gasteiger partial charge is 0.378 e. The van der Waals surface area contributed by atoms with Gasteiger partial charge in [0, 0.05) is 16.9 Å². The minimum Gasteiger partial charge on any atom is -0.378 e. The summed E-state index contributed by atoms with van der Waals surface area (Å²) in [7, 11) is 0. The monoisotopic (exact) mass is 349 g/mol. The number of rotatable bonds is 7. The van der Waals surface area contributed by atoms with Crippen molar-refractivity contribution in [1.82, 2.24) is 5.32 Å². The molecule has 1 amide bonds. The van der Waals surface area contributed by atoms with Crippen molar-refractivity contribution >= 4 is 28.6 Å². The molecule has 23 heavy (non-hydrogen) atoms. The fourth-order valence-electron chi connectivity index (χ4n) is 3.29. The molecule has 2 N–H and O–H groups in total. The molecular formula is C18H23NO2S2. The summed E-state index contributed by atoms with van der Waals surface area (Å²) in [6.45, 7) is 0.230. The lowest BCUT2D eigenvalue weighted by Crippen LogP contribution is -2.41. The minimum atomic E-state index is -1.13. The lowest BCUT2D eigenvalue weighted by Gasteiger charge is -2.27. The number of hydrogen-bond acceptors (Lipinski definition) is 4. The average Bonchev–Trinajstić information content (AvgIpc) is 3.33. The van der Waals surface area contributed by atoms with Crippen LogP contribution in [0.4, 0.5) is 0 Å². The van der Waals surface area contributed by atoms with Gasteiger partial charge >= 0.3 is 0 Å². The molecule has 2 aromatic heterocycles. The highest BCUT2D eigenvalue weighted by Crippen LogP contribution is 2.33. The Morgan fingerprint density at radius 2 is 2.13 bits per heavy atom. The number of amides is 1. The van der Waals surface area contributed by atoms with Gasteiger partial charge in [0.1, 0.15) is 5.60 Å². The molecular weight excluding hydrogens is 326 g/mol. The van der Waals surface area contributed by atoms with Crippen LogP contribution in [0.2, 0.25) is 0 Å². The molecule has 1 aliphatic rings. The normalized spacial score (nSPS) is 18.0. The first-order valence-electron chi connectivity index (χ1n) is 8.24. The SMILES string of the molecule is O=C(CCC1CCCC1)NCC(O)(c1ccsc1)c1cccs1. The van der Waals surface area contributed by atoms with Gasteiger partial charge in [0.15, 0.2) is 0 Å². The van der Waals surface area contributed by atoms with E-state index in [0.29, 0.717) is 12.3 Å². The van der Waals surface area contributed by atoms with Crippen molar-refractivity contribution in [3.63, 3.8) is 0 Å². The minimum absolute atomic E-state index is 0.0436.